The lowest BCUT2D eigenvalue weighted by Gasteiger charge is -1.97. The number of rotatable bonds is 4. The Kier molecular flexibility index (Phi) is 5.59. The van der Waals surface area contributed by atoms with Crippen LogP contribution in [-0.4, -0.2) is 0 Å². The molecule has 0 atom stereocenters. The number of allylic oxidation sites excluding steroid dienone is 1. The monoisotopic (exact) mass is 139 g/mol. The van der Waals surface area contributed by atoms with E-state index in [2.05, 4.69) is 23.9 Å². The molecule has 0 aliphatic heterocycles. The fourth-order valence-electron chi connectivity index (χ4n) is 0.581. The third-order valence-electron chi connectivity index (χ3n) is 1.13. The van der Waals surface area contributed by atoms with Crippen LogP contribution < -0.4 is 0 Å². The molecule has 0 heterocycles. The summed E-state index contributed by atoms with van der Waals surface area (Å²) in [7, 11) is 0. The zero-order valence-corrected chi connectivity index (χ0v) is 6.49. The fourth-order valence-corrected chi connectivity index (χ4v) is 0.581. The highest BCUT2D eigenvalue weighted by atomic mass is 15.1. The van der Waals surface area contributed by atoms with E-state index in [4.69, 9.17) is 5.53 Å². The summed E-state index contributed by atoms with van der Waals surface area (Å²) in [5.74, 6) is 0.718. The van der Waals surface area contributed by atoms with Crippen LogP contribution in [0.3, 0.4) is 0 Å². The van der Waals surface area contributed by atoms with Crippen LogP contribution >= 0.6 is 0 Å². The van der Waals surface area contributed by atoms with Gasteiger partial charge in [0, 0.05) is 4.91 Å². The van der Waals surface area contributed by atoms with E-state index in [1.807, 2.05) is 6.08 Å². The topological polar surface area (TPSA) is 48.8 Å². The maximum absolute atomic E-state index is 7.88. The SMILES string of the molecule is CC(C)CC/C=C\N=[N+]=[N-]. The summed E-state index contributed by atoms with van der Waals surface area (Å²) in [5, 5.41) is 3.27. The highest BCUT2D eigenvalue weighted by Crippen LogP contribution is 2.03. The van der Waals surface area contributed by atoms with E-state index in [1.54, 1.807) is 0 Å². The van der Waals surface area contributed by atoms with Gasteiger partial charge < -0.3 is 0 Å². The van der Waals surface area contributed by atoms with Gasteiger partial charge in [-0.3, -0.25) is 0 Å². The van der Waals surface area contributed by atoms with Crippen molar-refractivity contribution in [3.63, 3.8) is 0 Å². The molecule has 0 amide bonds. The fraction of sp³-hybridized carbons (Fsp3) is 0.714. The quantitative estimate of drug-likeness (QED) is 0.326. The maximum atomic E-state index is 7.88. The van der Waals surface area contributed by atoms with Crippen LogP contribution in [0.2, 0.25) is 0 Å². The molecular weight excluding hydrogens is 126 g/mol. The van der Waals surface area contributed by atoms with E-state index in [1.165, 1.54) is 6.20 Å². The molecule has 0 radical (unpaired) electrons. The Morgan fingerprint density at radius 1 is 1.60 bits per heavy atom. The standard InChI is InChI=1S/C7H13N3/c1-7(2)5-3-4-6-9-10-8/h4,6-7H,3,5H2,1-2H3/b6-4-. The first-order valence-electron chi connectivity index (χ1n) is 3.46. The Morgan fingerprint density at radius 3 is 2.80 bits per heavy atom. The highest BCUT2D eigenvalue weighted by molar-refractivity contribution is 4.79. The van der Waals surface area contributed by atoms with Crippen LogP contribution in [0.15, 0.2) is 17.4 Å². The Hall–Kier alpha value is -0.950. The minimum atomic E-state index is 0.718. The zero-order valence-electron chi connectivity index (χ0n) is 6.49. The summed E-state index contributed by atoms with van der Waals surface area (Å²) >= 11 is 0. The van der Waals surface area contributed by atoms with Crippen molar-refractivity contribution in [2.24, 2.45) is 11.0 Å². The van der Waals surface area contributed by atoms with Gasteiger partial charge in [0.15, 0.2) is 0 Å². The van der Waals surface area contributed by atoms with Gasteiger partial charge in [0.05, 0.1) is 0 Å². The van der Waals surface area contributed by atoms with Crippen molar-refractivity contribution in [3.8, 4) is 0 Å². The lowest BCUT2D eigenvalue weighted by atomic mass is 10.1. The van der Waals surface area contributed by atoms with E-state index in [0.29, 0.717) is 0 Å². The molecule has 0 saturated heterocycles. The number of nitrogens with zero attached hydrogens (tertiary/aromatic N) is 3. The van der Waals surface area contributed by atoms with Gasteiger partial charge in [0.2, 0.25) is 0 Å². The zero-order chi connectivity index (χ0) is 7.82. The molecule has 10 heavy (non-hydrogen) atoms. The van der Waals surface area contributed by atoms with Gasteiger partial charge in [-0.05, 0) is 30.5 Å². The van der Waals surface area contributed by atoms with Crippen molar-refractivity contribution in [1.82, 2.24) is 0 Å². The predicted octanol–water partition coefficient (Wildman–Crippen LogP) is 3.25. The summed E-state index contributed by atoms with van der Waals surface area (Å²) in [6, 6.07) is 0. The average Bonchev–Trinajstić information content (AvgIpc) is 1.87. The molecule has 0 unspecified atom stereocenters. The molecule has 0 aromatic carbocycles. The molecule has 0 saturated carbocycles. The Bertz CT molecular complexity index is 143. The first kappa shape index (κ1) is 9.05. The number of hydrogen-bond donors (Lipinski definition) is 0. The van der Waals surface area contributed by atoms with Gasteiger partial charge in [0.1, 0.15) is 0 Å². The predicted molar refractivity (Wildman–Crippen MR) is 42.4 cm³/mol. The highest BCUT2D eigenvalue weighted by Gasteiger charge is 1.88. The summed E-state index contributed by atoms with van der Waals surface area (Å²) in [5.41, 5.74) is 7.88. The van der Waals surface area contributed by atoms with Crippen LogP contribution in [0.25, 0.3) is 10.4 Å². The van der Waals surface area contributed by atoms with Crippen LogP contribution in [0, 0.1) is 5.92 Å². The molecule has 0 N–H and O–H groups in total. The third-order valence-corrected chi connectivity index (χ3v) is 1.13. The summed E-state index contributed by atoms with van der Waals surface area (Å²) in [4.78, 5) is 2.59. The van der Waals surface area contributed by atoms with Crippen molar-refractivity contribution < 1.29 is 0 Å². The first-order chi connectivity index (χ1) is 4.77. The summed E-state index contributed by atoms with van der Waals surface area (Å²) in [6.45, 7) is 4.34. The van der Waals surface area contributed by atoms with Gasteiger partial charge in [-0.1, -0.05) is 25.0 Å². The second-order valence-electron chi connectivity index (χ2n) is 2.56. The van der Waals surface area contributed by atoms with E-state index in [0.717, 1.165) is 18.8 Å². The molecule has 0 aliphatic carbocycles. The van der Waals surface area contributed by atoms with Crippen molar-refractivity contribution in [2.75, 3.05) is 0 Å². The average molecular weight is 139 g/mol. The van der Waals surface area contributed by atoms with Gasteiger partial charge in [0.25, 0.3) is 0 Å². The molecule has 3 nitrogen and oxygen atoms in total. The van der Waals surface area contributed by atoms with Crippen LogP contribution in [0.5, 0.6) is 0 Å². The summed E-state index contributed by atoms with van der Waals surface area (Å²) < 4.78 is 0. The number of azide groups is 1. The molecule has 0 rings (SSSR count). The normalized spacial score (nSPS) is 10.3. The Morgan fingerprint density at radius 2 is 2.30 bits per heavy atom. The lowest BCUT2D eigenvalue weighted by molar-refractivity contribution is 0.594. The molecule has 56 valence electrons. The minimum absolute atomic E-state index is 0.718. The lowest BCUT2D eigenvalue weighted by Crippen LogP contribution is -1.83. The van der Waals surface area contributed by atoms with Crippen LogP contribution in [0.4, 0.5) is 0 Å². The van der Waals surface area contributed by atoms with Gasteiger partial charge in [-0.25, -0.2) is 0 Å². The van der Waals surface area contributed by atoms with Crippen LogP contribution in [-0.2, 0) is 0 Å². The van der Waals surface area contributed by atoms with E-state index < -0.39 is 0 Å². The van der Waals surface area contributed by atoms with Gasteiger partial charge >= 0.3 is 0 Å². The third kappa shape index (κ3) is 7.05. The van der Waals surface area contributed by atoms with E-state index in [9.17, 15) is 0 Å². The Labute approximate surface area is 61.4 Å². The van der Waals surface area contributed by atoms with Gasteiger partial charge in [-0.2, -0.15) is 0 Å². The minimum Gasteiger partial charge on any atom is -0.0823 e. The van der Waals surface area contributed by atoms with Crippen molar-refractivity contribution in [3.05, 3.63) is 22.7 Å². The number of hydrogen-bond acceptors (Lipinski definition) is 1. The van der Waals surface area contributed by atoms with Crippen molar-refractivity contribution in [1.29, 1.82) is 0 Å². The largest absolute Gasteiger partial charge is 0.0823 e. The molecule has 0 spiro atoms. The smallest absolute Gasteiger partial charge is 0.00474 e. The molecular formula is C7H13N3. The van der Waals surface area contributed by atoms with E-state index >= 15 is 0 Å². The van der Waals surface area contributed by atoms with Crippen molar-refractivity contribution >= 4 is 0 Å². The van der Waals surface area contributed by atoms with E-state index in [-0.39, 0.29) is 0 Å². The molecule has 0 bridgehead atoms. The van der Waals surface area contributed by atoms with Gasteiger partial charge in [-0.15, -0.1) is 0 Å². The Balaban J connectivity index is 3.26. The first-order valence-corrected chi connectivity index (χ1v) is 3.46. The molecule has 3 heteroatoms. The second kappa shape index (κ2) is 6.17. The molecule has 0 aromatic heterocycles. The molecule has 0 fully saturated rings. The molecule has 0 aromatic rings. The summed E-state index contributed by atoms with van der Waals surface area (Å²) in [6.07, 6.45) is 5.54. The molecule has 0 aliphatic rings. The second-order valence-corrected chi connectivity index (χ2v) is 2.56. The van der Waals surface area contributed by atoms with Crippen LogP contribution in [0.1, 0.15) is 26.7 Å². The van der Waals surface area contributed by atoms with Crippen molar-refractivity contribution in [2.45, 2.75) is 26.7 Å². The maximum Gasteiger partial charge on any atom is 0.00474 e.